The number of rotatable bonds is 5. The monoisotopic (exact) mass is 228 g/mol. The Hall–Kier alpha value is -0.610. The lowest BCUT2D eigenvalue weighted by Gasteiger charge is -2.33. The third-order valence-corrected chi connectivity index (χ3v) is 3.38. The molecule has 0 aromatic heterocycles. The van der Waals surface area contributed by atoms with Crippen LogP contribution < -0.4 is 5.32 Å². The van der Waals surface area contributed by atoms with E-state index in [0.717, 1.165) is 24.9 Å². The molecule has 1 heterocycles. The Morgan fingerprint density at radius 2 is 2.06 bits per heavy atom. The number of nitrogens with zero attached hydrogens (tertiary/aromatic N) is 1. The quantitative estimate of drug-likeness (QED) is 0.719. The highest BCUT2D eigenvalue weighted by Crippen LogP contribution is 2.23. The Kier molecular flexibility index (Phi) is 5.77. The standard InChI is InChI=1S/C12H24N2O2/c1-10(2)11-3-6-14(7-4-11)9-12(16)13-5-8-15/h10-11,15H,3-9H2,1-2H3,(H,13,16). The molecule has 0 aliphatic carbocycles. The van der Waals surface area contributed by atoms with E-state index >= 15 is 0 Å². The molecule has 4 heteroatoms. The van der Waals surface area contributed by atoms with E-state index in [4.69, 9.17) is 5.11 Å². The summed E-state index contributed by atoms with van der Waals surface area (Å²) in [5.41, 5.74) is 0. The van der Waals surface area contributed by atoms with E-state index in [1.165, 1.54) is 12.8 Å². The van der Waals surface area contributed by atoms with Gasteiger partial charge in [0.05, 0.1) is 13.2 Å². The number of carbonyl (C=O) groups excluding carboxylic acids is 1. The summed E-state index contributed by atoms with van der Waals surface area (Å²) < 4.78 is 0. The Balaban J connectivity index is 2.19. The van der Waals surface area contributed by atoms with Crippen molar-refractivity contribution >= 4 is 5.91 Å². The molecule has 0 unspecified atom stereocenters. The highest BCUT2D eigenvalue weighted by Gasteiger charge is 2.22. The third-order valence-electron chi connectivity index (χ3n) is 3.38. The lowest BCUT2D eigenvalue weighted by molar-refractivity contribution is -0.122. The number of piperidine rings is 1. The summed E-state index contributed by atoms with van der Waals surface area (Å²) in [6, 6.07) is 0. The first kappa shape index (κ1) is 13.5. The molecule has 2 N–H and O–H groups in total. The molecule has 0 saturated carbocycles. The summed E-state index contributed by atoms with van der Waals surface area (Å²) in [4.78, 5) is 13.6. The Morgan fingerprint density at radius 1 is 1.44 bits per heavy atom. The number of nitrogens with one attached hydrogen (secondary N) is 1. The van der Waals surface area contributed by atoms with Crippen LogP contribution >= 0.6 is 0 Å². The minimum atomic E-state index is 0.0150. The van der Waals surface area contributed by atoms with Crippen molar-refractivity contribution in [3.63, 3.8) is 0 Å². The number of aliphatic hydroxyl groups excluding tert-OH is 1. The molecular formula is C12H24N2O2. The molecule has 0 aromatic carbocycles. The van der Waals surface area contributed by atoms with E-state index < -0.39 is 0 Å². The molecule has 16 heavy (non-hydrogen) atoms. The predicted octanol–water partition coefficient (Wildman–Crippen LogP) is 0.463. The van der Waals surface area contributed by atoms with Crippen LogP contribution in [0.1, 0.15) is 26.7 Å². The SMILES string of the molecule is CC(C)C1CCN(CC(=O)NCCO)CC1. The lowest BCUT2D eigenvalue weighted by atomic mass is 9.87. The highest BCUT2D eigenvalue weighted by atomic mass is 16.3. The number of hydrogen-bond acceptors (Lipinski definition) is 3. The van der Waals surface area contributed by atoms with Crippen molar-refractivity contribution in [2.75, 3.05) is 32.8 Å². The van der Waals surface area contributed by atoms with Crippen LogP contribution in [-0.2, 0) is 4.79 Å². The van der Waals surface area contributed by atoms with Crippen molar-refractivity contribution in [2.24, 2.45) is 11.8 Å². The molecule has 1 amide bonds. The van der Waals surface area contributed by atoms with Crippen LogP contribution in [0.15, 0.2) is 0 Å². The lowest BCUT2D eigenvalue weighted by Crippen LogP contribution is -2.42. The van der Waals surface area contributed by atoms with Gasteiger partial charge in [-0.15, -0.1) is 0 Å². The van der Waals surface area contributed by atoms with E-state index in [0.29, 0.717) is 13.1 Å². The molecule has 0 bridgehead atoms. The van der Waals surface area contributed by atoms with Crippen LogP contribution in [0.5, 0.6) is 0 Å². The fraction of sp³-hybridized carbons (Fsp3) is 0.917. The van der Waals surface area contributed by atoms with Crippen LogP contribution in [0.3, 0.4) is 0 Å². The minimum absolute atomic E-state index is 0.0150. The van der Waals surface area contributed by atoms with Gasteiger partial charge in [0, 0.05) is 6.54 Å². The number of amides is 1. The zero-order valence-electron chi connectivity index (χ0n) is 10.4. The van der Waals surface area contributed by atoms with Crippen molar-refractivity contribution in [3.8, 4) is 0 Å². The topological polar surface area (TPSA) is 52.6 Å². The first-order chi connectivity index (χ1) is 7.63. The predicted molar refractivity (Wildman–Crippen MR) is 64.1 cm³/mol. The van der Waals surface area contributed by atoms with Crippen LogP contribution in [0.2, 0.25) is 0 Å². The van der Waals surface area contributed by atoms with Gasteiger partial charge >= 0.3 is 0 Å². The van der Waals surface area contributed by atoms with E-state index in [9.17, 15) is 4.79 Å². The van der Waals surface area contributed by atoms with Crippen molar-refractivity contribution in [2.45, 2.75) is 26.7 Å². The molecule has 1 aliphatic heterocycles. The van der Waals surface area contributed by atoms with Gasteiger partial charge < -0.3 is 10.4 Å². The van der Waals surface area contributed by atoms with Crippen LogP contribution in [0.4, 0.5) is 0 Å². The van der Waals surface area contributed by atoms with Crippen LogP contribution in [0, 0.1) is 11.8 Å². The molecule has 0 spiro atoms. The molecule has 1 fully saturated rings. The van der Waals surface area contributed by atoms with Gasteiger partial charge in [-0.3, -0.25) is 9.69 Å². The van der Waals surface area contributed by atoms with Crippen molar-refractivity contribution < 1.29 is 9.90 Å². The maximum atomic E-state index is 11.4. The van der Waals surface area contributed by atoms with Gasteiger partial charge in [0.15, 0.2) is 0 Å². The third kappa shape index (κ3) is 4.49. The maximum absolute atomic E-state index is 11.4. The average Bonchev–Trinajstić information content (AvgIpc) is 2.27. The number of hydrogen-bond donors (Lipinski definition) is 2. The van der Waals surface area contributed by atoms with Crippen molar-refractivity contribution in [3.05, 3.63) is 0 Å². The van der Waals surface area contributed by atoms with Gasteiger partial charge in [0.1, 0.15) is 0 Å². The maximum Gasteiger partial charge on any atom is 0.234 e. The van der Waals surface area contributed by atoms with E-state index in [1.807, 2.05) is 0 Å². The van der Waals surface area contributed by atoms with Gasteiger partial charge in [0.2, 0.25) is 5.91 Å². The van der Waals surface area contributed by atoms with Crippen LogP contribution in [-0.4, -0.2) is 48.7 Å². The summed E-state index contributed by atoms with van der Waals surface area (Å²) in [6.07, 6.45) is 2.40. The molecule has 1 saturated heterocycles. The fourth-order valence-corrected chi connectivity index (χ4v) is 2.23. The van der Waals surface area contributed by atoms with Gasteiger partial charge in [-0.25, -0.2) is 0 Å². The zero-order valence-corrected chi connectivity index (χ0v) is 10.4. The molecule has 1 aliphatic rings. The summed E-state index contributed by atoms with van der Waals surface area (Å²) in [5.74, 6) is 1.60. The molecule has 1 rings (SSSR count). The highest BCUT2D eigenvalue weighted by molar-refractivity contribution is 5.77. The summed E-state index contributed by atoms with van der Waals surface area (Å²) in [6.45, 7) is 7.45. The van der Waals surface area contributed by atoms with Crippen molar-refractivity contribution in [1.29, 1.82) is 0 Å². The molecule has 0 radical (unpaired) electrons. The minimum Gasteiger partial charge on any atom is -0.395 e. The normalized spacial score (nSPS) is 19.0. The van der Waals surface area contributed by atoms with Gasteiger partial charge in [-0.2, -0.15) is 0 Å². The fourth-order valence-electron chi connectivity index (χ4n) is 2.23. The first-order valence-electron chi connectivity index (χ1n) is 6.23. The van der Waals surface area contributed by atoms with Crippen molar-refractivity contribution in [1.82, 2.24) is 10.2 Å². The second kappa shape index (κ2) is 6.86. The summed E-state index contributed by atoms with van der Waals surface area (Å²) in [7, 11) is 0. The largest absolute Gasteiger partial charge is 0.395 e. The number of likely N-dealkylation sites (tertiary alicyclic amines) is 1. The molecule has 0 atom stereocenters. The number of carbonyl (C=O) groups is 1. The second-order valence-corrected chi connectivity index (χ2v) is 4.93. The molecule has 4 nitrogen and oxygen atoms in total. The van der Waals surface area contributed by atoms with E-state index in [-0.39, 0.29) is 12.5 Å². The molecule has 0 aromatic rings. The number of aliphatic hydroxyl groups is 1. The van der Waals surface area contributed by atoms with E-state index in [2.05, 4.69) is 24.1 Å². The molecule has 94 valence electrons. The molecular weight excluding hydrogens is 204 g/mol. The summed E-state index contributed by atoms with van der Waals surface area (Å²) in [5, 5.41) is 11.3. The van der Waals surface area contributed by atoms with Gasteiger partial charge in [-0.05, 0) is 37.8 Å². The Bertz CT molecular complexity index is 211. The second-order valence-electron chi connectivity index (χ2n) is 4.93. The Morgan fingerprint density at radius 3 is 2.56 bits per heavy atom. The zero-order chi connectivity index (χ0) is 12.0. The first-order valence-corrected chi connectivity index (χ1v) is 6.23. The Labute approximate surface area is 98.0 Å². The van der Waals surface area contributed by atoms with Crippen LogP contribution in [0.25, 0.3) is 0 Å². The van der Waals surface area contributed by atoms with Gasteiger partial charge in [0.25, 0.3) is 0 Å². The smallest absolute Gasteiger partial charge is 0.234 e. The summed E-state index contributed by atoms with van der Waals surface area (Å²) >= 11 is 0. The van der Waals surface area contributed by atoms with Gasteiger partial charge in [-0.1, -0.05) is 13.8 Å². The van der Waals surface area contributed by atoms with E-state index in [1.54, 1.807) is 0 Å². The average molecular weight is 228 g/mol.